The minimum atomic E-state index is -0.604. The molecule has 3 aromatic rings. The van der Waals surface area contributed by atoms with Crippen molar-refractivity contribution in [3.05, 3.63) is 84.1 Å². The van der Waals surface area contributed by atoms with Crippen LogP contribution in [0.25, 0.3) is 11.3 Å². The molecule has 2 atom stereocenters. The second-order valence-corrected chi connectivity index (χ2v) is 5.72. The summed E-state index contributed by atoms with van der Waals surface area (Å²) >= 11 is 0. The van der Waals surface area contributed by atoms with E-state index in [1.165, 1.54) is 12.1 Å². The molecule has 1 aliphatic rings. The van der Waals surface area contributed by atoms with Crippen LogP contribution in [0.15, 0.2) is 67.1 Å². The molecular formula is C19H14FN3O2. The van der Waals surface area contributed by atoms with Crippen LogP contribution in [0.5, 0.6) is 0 Å². The van der Waals surface area contributed by atoms with Crippen molar-refractivity contribution in [3.8, 4) is 11.3 Å². The molecule has 0 aliphatic carbocycles. The van der Waals surface area contributed by atoms with Gasteiger partial charge < -0.3 is 10.1 Å². The number of carbonyl (C=O) groups is 1. The molecule has 1 N–H and O–H groups in total. The fourth-order valence-electron chi connectivity index (χ4n) is 2.93. The Bertz CT molecular complexity index is 917. The van der Waals surface area contributed by atoms with Gasteiger partial charge >= 0.3 is 6.09 Å². The topological polar surface area (TPSA) is 64.1 Å². The molecule has 1 amide bonds. The predicted molar refractivity (Wildman–Crippen MR) is 89.0 cm³/mol. The molecule has 1 aromatic carbocycles. The molecule has 2 aromatic heterocycles. The van der Waals surface area contributed by atoms with Crippen LogP contribution in [-0.4, -0.2) is 16.1 Å². The molecule has 1 fully saturated rings. The number of alkyl carbamates (subject to hydrolysis) is 1. The lowest BCUT2D eigenvalue weighted by Crippen LogP contribution is -2.19. The molecule has 0 spiro atoms. The first-order valence-electron chi connectivity index (χ1n) is 7.80. The standard InChI is InChI=1S/C19H14FN3O2/c20-15-5-1-3-13(9-15)18-17(23-19(24)25-18)12-6-8-22-16(10-12)14-4-2-7-21-11-14/h1-11,17-18H,(H,23,24)/t17-,18-/m1/s1. The van der Waals surface area contributed by atoms with Gasteiger partial charge in [0.05, 0.1) is 11.7 Å². The van der Waals surface area contributed by atoms with Crippen LogP contribution < -0.4 is 5.32 Å². The first kappa shape index (κ1) is 15.3. The lowest BCUT2D eigenvalue weighted by molar-refractivity contribution is 0.132. The number of amides is 1. The van der Waals surface area contributed by atoms with Crippen molar-refractivity contribution in [2.45, 2.75) is 12.1 Å². The number of halogens is 1. The number of rotatable bonds is 3. The lowest BCUT2D eigenvalue weighted by atomic mass is 9.96. The Morgan fingerprint density at radius 2 is 1.96 bits per heavy atom. The normalized spacial score (nSPS) is 19.3. The number of hydrogen-bond donors (Lipinski definition) is 1. The van der Waals surface area contributed by atoms with Crippen LogP contribution in [0.1, 0.15) is 23.3 Å². The fraction of sp³-hybridized carbons (Fsp3) is 0.105. The molecular weight excluding hydrogens is 321 g/mol. The molecule has 4 rings (SSSR count). The minimum Gasteiger partial charge on any atom is -0.439 e. The van der Waals surface area contributed by atoms with Gasteiger partial charge in [-0.2, -0.15) is 0 Å². The zero-order chi connectivity index (χ0) is 17.2. The van der Waals surface area contributed by atoms with Gasteiger partial charge in [-0.05, 0) is 47.5 Å². The Kier molecular flexibility index (Phi) is 3.85. The third kappa shape index (κ3) is 3.06. The molecule has 0 saturated carbocycles. The van der Waals surface area contributed by atoms with Crippen molar-refractivity contribution >= 4 is 6.09 Å². The maximum Gasteiger partial charge on any atom is 0.408 e. The summed E-state index contributed by atoms with van der Waals surface area (Å²) in [6, 6.07) is 13.1. The molecule has 0 radical (unpaired) electrons. The number of benzene rings is 1. The number of nitrogens with zero attached hydrogens (tertiary/aromatic N) is 2. The van der Waals surface area contributed by atoms with E-state index in [1.54, 1.807) is 30.7 Å². The fourth-order valence-corrected chi connectivity index (χ4v) is 2.93. The molecule has 5 nitrogen and oxygen atoms in total. The number of pyridine rings is 2. The minimum absolute atomic E-state index is 0.370. The van der Waals surface area contributed by atoms with Gasteiger partial charge in [0.25, 0.3) is 0 Å². The van der Waals surface area contributed by atoms with Gasteiger partial charge in [0.15, 0.2) is 6.10 Å². The summed E-state index contributed by atoms with van der Waals surface area (Å²) in [5, 5.41) is 2.79. The van der Waals surface area contributed by atoms with E-state index in [0.29, 0.717) is 5.56 Å². The average molecular weight is 335 g/mol. The van der Waals surface area contributed by atoms with E-state index < -0.39 is 18.2 Å². The Balaban J connectivity index is 1.71. The SMILES string of the molecule is O=C1N[C@H](c2ccnc(-c3cccnc3)c2)[C@@H](c2cccc(F)c2)O1. The van der Waals surface area contributed by atoms with Gasteiger partial charge in [-0.3, -0.25) is 9.97 Å². The summed E-state index contributed by atoms with van der Waals surface area (Å²) < 4.78 is 18.9. The monoisotopic (exact) mass is 335 g/mol. The first-order chi connectivity index (χ1) is 12.2. The van der Waals surface area contributed by atoms with Gasteiger partial charge in [0.2, 0.25) is 0 Å². The third-order valence-electron chi connectivity index (χ3n) is 4.09. The largest absolute Gasteiger partial charge is 0.439 e. The first-order valence-corrected chi connectivity index (χ1v) is 7.80. The molecule has 0 unspecified atom stereocenters. The lowest BCUT2D eigenvalue weighted by Gasteiger charge is -2.18. The molecule has 0 bridgehead atoms. The molecule has 1 aliphatic heterocycles. The quantitative estimate of drug-likeness (QED) is 0.790. The summed E-state index contributed by atoms with van der Waals surface area (Å²) in [5.41, 5.74) is 3.04. The number of carbonyl (C=O) groups excluding carboxylic acids is 1. The van der Waals surface area contributed by atoms with Crippen LogP contribution >= 0.6 is 0 Å². The van der Waals surface area contributed by atoms with Crippen molar-refractivity contribution in [1.82, 2.24) is 15.3 Å². The predicted octanol–water partition coefficient (Wildman–Crippen LogP) is 3.80. The molecule has 25 heavy (non-hydrogen) atoms. The number of nitrogens with one attached hydrogen (secondary N) is 1. The van der Waals surface area contributed by atoms with Crippen LogP contribution in [0.2, 0.25) is 0 Å². The van der Waals surface area contributed by atoms with Crippen LogP contribution in [0.4, 0.5) is 9.18 Å². The van der Waals surface area contributed by atoms with Crippen molar-refractivity contribution in [2.24, 2.45) is 0 Å². The number of cyclic esters (lactones) is 1. The Labute approximate surface area is 143 Å². The third-order valence-corrected chi connectivity index (χ3v) is 4.09. The van der Waals surface area contributed by atoms with E-state index >= 15 is 0 Å². The van der Waals surface area contributed by atoms with E-state index in [4.69, 9.17) is 4.74 Å². The summed E-state index contributed by atoms with van der Waals surface area (Å²) in [4.78, 5) is 20.3. The van der Waals surface area contributed by atoms with Crippen LogP contribution in [0.3, 0.4) is 0 Å². The summed E-state index contributed by atoms with van der Waals surface area (Å²) in [6.07, 6.45) is 3.95. The number of aromatic nitrogens is 2. The summed E-state index contributed by atoms with van der Waals surface area (Å²) in [7, 11) is 0. The zero-order valence-electron chi connectivity index (χ0n) is 13.1. The Hall–Kier alpha value is -3.28. The smallest absolute Gasteiger partial charge is 0.408 e. The van der Waals surface area contributed by atoms with Gasteiger partial charge in [-0.15, -0.1) is 0 Å². The highest BCUT2D eigenvalue weighted by molar-refractivity contribution is 5.71. The van der Waals surface area contributed by atoms with Crippen LogP contribution in [0, 0.1) is 5.82 Å². The molecule has 6 heteroatoms. The van der Waals surface area contributed by atoms with Crippen molar-refractivity contribution < 1.29 is 13.9 Å². The molecule has 3 heterocycles. The maximum atomic E-state index is 13.6. The van der Waals surface area contributed by atoms with Crippen molar-refractivity contribution in [1.29, 1.82) is 0 Å². The average Bonchev–Trinajstić information content (AvgIpc) is 3.04. The van der Waals surface area contributed by atoms with Crippen LogP contribution in [-0.2, 0) is 4.74 Å². The molecule has 124 valence electrons. The second kappa shape index (κ2) is 6.32. The van der Waals surface area contributed by atoms with Crippen molar-refractivity contribution in [2.75, 3.05) is 0 Å². The molecule has 1 saturated heterocycles. The van der Waals surface area contributed by atoms with E-state index in [2.05, 4.69) is 15.3 Å². The Morgan fingerprint density at radius 1 is 1.04 bits per heavy atom. The highest BCUT2D eigenvalue weighted by Gasteiger charge is 2.36. The summed E-state index contributed by atoms with van der Waals surface area (Å²) in [6.45, 7) is 0. The van der Waals surface area contributed by atoms with E-state index in [-0.39, 0.29) is 5.82 Å². The van der Waals surface area contributed by atoms with Crippen molar-refractivity contribution in [3.63, 3.8) is 0 Å². The second-order valence-electron chi connectivity index (χ2n) is 5.72. The van der Waals surface area contributed by atoms with Gasteiger partial charge in [-0.25, -0.2) is 9.18 Å². The van der Waals surface area contributed by atoms with Gasteiger partial charge in [0, 0.05) is 24.2 Å². The maximum absolute atomic E-state index is 13.6. The number of ether oxygens (including phenoxy) is 1. The number of hydrogen-bond acceptors (Lipinski definition) is 4. The van der Waals surface area contributed by atoms with E-state index in [1.807, 2.05) is 24.3 Å². The Morgan fingerprint density at radius 3 is 2.76 bits per heavy atom. The van der Waals surface area contributed by atoms with Gasteiger partial charge in [-0.1, -0.05) is 12.1 Å². The highest BCUT2D eigenvalue weighted by Crippen LogP contribution is 2.37. The van der Waals surface area contributed by atoms with Gasteiger partial charge in [0.1, 0.15) is 5.82 Å². The summed E-state index contributed by atoms with van der Waals surface area (Å²) in [5.74, 6) is -0.370. The van der Waals surface area contributed by atoms with E-state index in [9.17, 15) is 9.18 Å². The van der Waals surface area contributed by atoms with E-state index in [0.717, 1.165) is 16.8 Å². The zero-order valence-corrected chi connectivity index (χ0v) is 13.1. The highest BCUT2D eigenvalue weighted by atomic mass is 19.1.